The third kappa shape index (κ3) is 2.41. The van der Waals surface area contributed by atoms with Crippen LogP contribution in [0.5, 0.6) is 0 Å². The van der Waals surface area contributed by atoms with E-state index in [9.17, 15) is 0 Å². The van der Waals surface area contributed by atoms with Gasteiger partial charge in [-0.05, 0) is 26.1 Å². The average Bonchev–Trinajstić information content (AvgIpc) is 2.95. The zero-order valence-corrected chi connectivity index (χ0v) is 12.9. The number of H-pyrrole nitrogens is 1. The predicted octanol–water partition coefficient (Wildman–Crippen LogP) is 1.56. The van der Waals surface area contributed by atoms with Gasteiger partial charge in [-0.3, -0.25) is 4.90 Å². The molecule has 0 atom stereocenters. The summed E-state index contributed by atoms with van der Waals surface area (Å²) in [5.41, 5.74) is 3.19. The molecule has 1 aliphatic heterocycles. The Morgan fingerprint density at radius 2 is 2.05 bits per heavy atom. The number of aromatic nitrogens is 4. The minimum Gasteiger partial charge on any atom is -0.379 e. The van der Waals surface area contributed by atoms with E-state index in [1.54, 1.807) is 0 Å². The molecule has 2 aromatic rings. The molecule has 0 unspecified atom stereocenters. The number of hydrogen-bond donors (Lipinski definition) is 1. The number of morpholine rings is 1. The number of nitrogens with zero attached hydrogens (tertiary/aromatic N) is 4. The molecule has 20 heavy (non-hydrogen) atoms. The highest BCUT2D eigenvalue weighted by Crippen LogP contribution is 2.18. The topological polar surface area (TPSA) is 51.0 Å². The van der Waals surface area contributed by atoms with Crippen LogP contribution in [0.2, 0.25) is 0 Å². The molecule has 3 rings (SSSR count). The molecule has 1 fully saturated rings. The van der Waals surface area contributed by atoms with Gasteiger partial charge in [-0.2, -0.15) is 5.10 Å². The highest BCUT2D eigenvalue weighted by atomic mass is 32.1. The van der Waals surface area contributed by atoms with Gasteiger partial charge in [0.05, 0.1) is 18.9 Å². The first kappa shape index (κ1) is 13.8. The molecule has 0 aliphatic carbocycles. The van der Waals surface area contributed by atoms with Gasteiger partial charge in [0.15, 0.2) is 10.4 Å². The monoisotopic (exact) mass is 295 g/mol. The van der Waals surface area contributed by atoms with Gasteiger partial charge in [0.1, 0.15) is 5.52 Å². The minimum atomic E-state index is 0.788. The van der Waals surface area contributed by atoms with Crippen LogP contribution in [0.4, 0.5) is 0 Å². The van der Waals surface area contributed by atoms with Crippen LogP contribution < -0.4 is 0 Å². The highest BCUT2D eigenvalue weighted by Gasteiger charge is 2.15. The van der Waals surface area contributed by atoms with E-state index in [-0.39, 0.29) is 0 Å². The van der Waals surface area contributed by atoms with Crippen molar-refractivity contribution in [1.29, 1.82) is 0 Å². The predicted molar refractivity (Wildman–Crippen MR) is 80.6 cm³/mol. The van der Waals surface area contributed by atoms with E-state index in [1.807, 2.05) is 11.6 Å². The summed E-state index contributed by atoms with van der Waals surface area (Å²) in [6, 6.07) is 0. The largest absolute Gasteiger partial charge is 0.379 e. The van der Waals surface area contributed by atoms with Crippen LogP contribution in [0.3, 0.4) is 0 Å². The van der Waals surface area contributed by atoms with E-state index in [4.69, 9.17) is 17.0 Å². The summed E-state index contributed by atoms with van der Waals surface area (Å²) < 4.78 is 10.4. The Bertz CT molecular complexity index is 650. The molecule has 0 aromatic carbocycles. The average molecular weight is 295 g/mol. The Morgan fingerprint density at radius 1 is 1.30 bits per heavy atom. The molecule has 0 bridgehead atoms. The summed E-state index contributed by atoms with van der Waals surface area (Å²) in [4.78, 5) is 5.71. The molecule has 2 aromatic heterocycles. The number of aromatic amines is 1. The summed E-state index contributed by atoms with van der Waals surface area (Å²) in [7, 11) is 0. The summed E-state index contributed by atoms with van der Waals surface area (Å²) in [5.74, 6) is 0. The summed E-state index contributed by atoms with van der Waals surface area (Å²) in [6.45, 7) is 10.6. The van der Waals surface area contributed by atoms with E-state index >= 15 is 0 Å². The van der Waals surface area contributed by atoms with E-state index in [1.165, 1.54) is 0 Å². The molecule has 7 heteroatoms. The lowest BCUT2D eigenvalue weighted by Gasteiger charge is -2.26. The van der Waals surface area contributed by atoms with Crippen molar-refractivity contribution in [3.63, 3.8) is 0 Å². The third-order valence-corrected chi connectivity index (χ3v) is 4.20. The van der Waals surface area contributed by atoms with Crippen molar-refractivity contribution in [2.75, 3.05) is 32.8 Å². The van der Waals surface area contributed by atoms with Crippen molar-refractivity contribution in [2.45, 2.75) is 26.9 Å². The normalized spacial score (nSPS) is 17.1. The molecule has 0 spiro atoms. The number of rotatable bonds is 4. The van der Waals surface area contributed by atoms with Gasteiger partial charge in [-0.1, -0.05) is 0 Å². The van der Waals surface area contributed by atoms with Crippen LogP contribution in [0.25, 0.3) is 11.2 Å². The van der Waals surface area contributed by atoms with E-state index in [2.05, 4.69) is 26.5 Å². The van der Waals surface area contributed by atoms with Crippen LogP contribution in [0, 0.1) is 11.7 Å². The lowest BCUT2D eigenvalue weighted by atomic mass is 10.4. The fourth-order valence-electron chi connectivity index (χ4n) is 2.75. The molecule has 0 saturated carbocycles. The van der Waals surface area contributed by atoms with Crippen molar-refractivity contribution in [2.24, 2.45) is 0 Å². The fourth-order valence-corrected chi connectivity index (χ4v) is 3.03. The Hall–Kier alpha value is -1.18. The molecular formula is C13H21N5OS. The first-order valence-corrected chi connectivity index (χ1v) is 7.57. The summed E-state index contributed by atoms with van der Waals surface area (Å²) in [5, 5.41) is 4.55. The Balaban J connectivity index is 1.86. The minimum absolute atomic E-state index is 0.788. The number of aryl methyl sites for hydroxylation is 2. The van der Waals surface area contributed by atoms with Gasteiger partial charge in [-0.15, -0.1) is 0 Å². The van der Waals surface area contributed by atoms with Crippen LogP contribution in [0.1, 0.15) is 12.6 Å². The van der Waals surface area contributed by atoms with Crippen LogP contribution >= 0.6 is 12.2 Å². The Labute approximate surface area is 123 Å². The fraction of sp³-hybridized carbons (Fsp3) is 0.692. The second kappa shape index (κ2) is 5.67. The molecule has 0 amide bonds. The molecule has 3 heterocycles. The summed E-state index contributed by atoms with van der Waals surface area (Å²) >= 11 is 5.46. The van der Waals surface area contributed by atoms with Crippen molar-refractivity contribution in [1.82, 2.24) is 24.2 Å². The zero-order valence-electron chi connectivity index (χ0n) is 12.1. The SMILES string of the molecule is CCn1nc(C)c2[nH]c(=S)n(CCN3CCOCC3)c21. The van der Waals surface area contributed by atoms with Crippen molar-refractivity contribution >= 4 is 23.4 Å². The Morgan fingerprint density at radius 3 is 2.75 bits per heavy atom. The van der Waals surface area contributed by atoms with Gasteiger partial charge in [0, 0.05) is 32.7 Å². The zero-order chi connectivity index (χ0) is 14.1. The van der Waals surface area contributed by atoms with E-state index in [0.717, 1.165) is 67.6 Å². The lowest BCUT2D eigenvalue weighted by molar-refractivity contribution is 0.0364. The number of imidazole rings is 1. The van der Waals surface area contributed by atoms with Crippen LogP contribution in [0.15, 0.2) is 0 Å². The number of nitrogens with one attached hydrogen (secondary N) is 1. The Kier molecular flexibility index (Phi) is 3.91. The number of hydrogen-bond acceptors (Lipinski definition) is 4. The van der Waals surface area contributed by atoms with Gasteiger partial charge in [0.25, 0.3) is 0 Å². The molecule has 110 valence electrons. The third-order valence-electron chi connectivity index (χ3n) is 3.88. The quantitative estimate of drug-likeness (QED) is 0.870. The molecular weight excluding hydrogens is 274 g/mol. The van der Waals surface area contributed by atoms with Crippen molar-refractivity contribution < 1.29 is 4.74 Å². The standard InChI is InChI=1S/C13H21N5OS/c1-3-18-12-11(10(2)15-18)14-13(20)17(12)5-4-16-6-8-19-9-7-16/h3-9H2,1-2H3,(H,14,20). The second-order valence-electron chi connectivity index (χ2n) is 5.14. The maximum atomic E-state index is 5.46. The first-order valence-electron chi connectivity index (χ1n) is 7.16. The maximum Gasteiger partial charge on any atom is 0.179 e. The lowest BCUT2D eigenvalue weighted by Crippen LogP contribution is -2.38. The molecule has 6 nitrogen and oxygen atoms in total. The summed E-state index contributed by atoms with van der Waals surface area (Å²) in [6.07, 6.45) is 0. The molecule has 1 aliphatic rings. The smallest absolute Gasteiger partial charge is 0.179 e. The van der Waals surface area contributed by atoms with Gasteiger partial charge in [0.2, 0.25) is 0 Å². The number of ether oxygens (including phenoxy) is 1. The van der Waals surface area contributed by atoms with Crippen LogP contribution in [-0.4, -0.2) is 57.1 Å². The first-order chi connectivity index (χ1) is 9.70. The van der Waals surface area contributed by atoms with E-state index in [0.29, 0.717) is 0 Å². The highest BCUT2D eigenvalue weighted by molar-refractivity contribution is 7.71. The molecule has 1 saturated heterocycles. The molecule has 1 N–H and O–H groups in total. The van der Waals surface area contributed by atoms with Gasteiger partial charge in [-0.25, -0.2) is 4.68 Å². The van der Waals surface area contributed by atoms with Gasteiger partial charge >= 0.3 is 0 Å². The van der Waals surface area contributed by atoms with Crippen LogP contribution in [-0.2, 0) is 17.8 Å². The van der Waals surface area contributed by atoms with E-state index < -0.39 is 0 Å². The van der Waals surface area contributed by atoms with Crippen molar-refractivity contribution in [3.05, 3.63) is 10.5 Å². The van der Waals surface area contributed by atoms with Gasteiger partial charge < -0.3 is 14.3 Å². The second-order valence-corrected chi connectivity index (χ2v) is 5.52. The number of fused-ring (bicyclic) bond motifs is 1. The molecule has 0 radical (unpaired) electrons. The van der Waals surface area contributed by atoms with Crippen molar-refractivity contribution in [3.8, 4) is 0 Å². The maximum absolute atomic E-state index is 5.46.